The number of rotatable bonds is 4. The molecule has 0 saturated carbocycles. The van der Waals surface area contributed by atoms with Crippen LogP contribution in [0.1, 0.15) is 47.8 Å². The number of aromatic nitrogens is 1. The zero-order valence-corrected chi connectivity index (χ0v) is 17.6. The predicted molar refractivity (Wildman–Crippen MR) is 116 cm³/mol. The Balaban J connectivity index is 1.68. The molecule has 1 unspecified atom stereocenters. The van der Waals surface area contributed by atoms with Crippen molar-refractivity contribution in [3.05, 3.63) is 75.2 Å². The van der Waals surface area contributed by atoms with Gasteiger partial charge in [0, 0.05) is 24.1 Å². The molecule has 0 radical (unpaired) electrons. The van der Waals surface area contributed by atoms with E-state index in [0.29, 0.717) is 21.4 Å². The maximum absolute atomic E-state index is 14.9. The van der Waals surface area contributed by atoms with E-state index in [4.69, 9.17) is 17.3 Å². The normalized spacial score (nSPS) is 23.8. The zero-order chi connectivity index (χ0) is 20.6. The molecule has 1 aliphatic heterocycles. The second-order valence-electron chi connectivity index (χ2n) is 7.57. The van der Waals surface area contributed by atoms with Crippen molar-refractivity contribution < 1.29 is 9.18 Å². The predicted octanol–water partition coefficient (Wildman–Crippen LogP) is 5.26. The van der Waals surface area contributed by atoms with Gasteiger partial charge in [-0.15, -0.1) is 0 Å². The molecule has 2 atom stereocenters. The Morgan fingerprint density at radius 1 is 1.38 bits per heavy atom. The molecule has 1 aromatic heterocycles. The molecule has 2 heterocycles. The number of hydrogen-bond donors (Lipinski definition) is 1. The van der Waals surface area contributed by atoms with Crippen molar-refractivity contribution in [1.29, 1.82) is 0 Å². The van der Waals surface area contributed by atoms with Crippen LogP contribution in [-0.2, 0) is 12.0 Å². The molecule has 0 spiro atoms. The number of nitrogens with zero attached hydrogens (tertiary/aromatic N) is 2. The second-order valence-corrected chi connectivity index (χ2v) is 9.10. The van der Waals surface area contributed by atoms with Crippen molar-refractivity contribution in [2.45, 2.75) is 38.1 Å². The van der Waals surface area contributed by atoms with Crippen LogP contribution in [0.15, 0.2) is 52.5 Å². The van der Waals surface area contributed by atoms with Crippen LogP contribution < -0.4 is 5.73 Å². The lowest BCUT2D eigenvalue weighted by Gasteiger charge is -2.41. The van der Waals surface area contributed by atoms with Crippen molar-refractivity contribution >= 4 is 34.3 Å². The van der Waals surface area contributed by atoms with Crippen LogP contribution in [0.3, 0.4) is 0 Å². The Morgan fingerprint density at radius 2 is 2.21 bits per heavy atom. The van der Waals surface area contributed by atoms with E-state index < -0.39 is 5.54 Å². The number of allylic oxidation sites excluding steroid dienone is 1. The van der Waals surface area contributed by atoms with Gasteiger partial charge in [-0.25, -0.2) is 4.39 Å². The molecule has 2 aromatic rings. The van der Waals surface area contributed by atoms with E-state index in [1.165, 1.54) is 24.0 Å². The van der Waals surface area contributed by atoms with Crippen LogP contribution >= 0.6 is 23.4 Å². The Bertz CT molecular complexity index is 1020. The highest BCUT2D eigenvalue weighted by Gasteiger charge is 2.44. The molecule has 0 bridgehead atoms. The van der Waals surface area contributed by atoms with Crippen LogP contribution in [0.5, 0.6) is 0 Å². The van der Waals surface area contributed by atoms with Crippen LogP contribution in [0.2, 0.25) is 5.02 Å². The average Bonchev–Trinajstić information content (AvgIpc) is 2.69. The largest absolute Gasteiger partial charge is 0.378 e. The van der Waals surface area contributed by atoms with Gasteiger partial charge in [-0.05, 0) is 60.9 Å². The molecule has 0 amide bonds. The van der Waals surface area contributed by atoms with E-state index in [1.54, 1.807) is 24.3 Å². The van der Waals surface area contributed by atoms with Crippen LogP contribution in [0.25, 0.3) is 0 Å². The fraction of sp³-hybridized carbons (Fsp3) is 0.318. The van der Waals surface area contributed by atoms with E-state index in [0.717, 1.165) is 29.7 Å². The van der Waals surface area contributed by atoms with Crippen molar-refractivity contribution in [2.24, 2.45) is 16.6 Å². The summed E-state index contributed by atoms with van der Waals surface area (Å²) in [5.41, 5.74) is 6.83. The first-order valence-electron chi connectivity index (χ1n) is 9.54. The first-order chi connectivity index (χ1) is 13.9. The molecule has 150 valence electrons. The van der Waals surface area contributed by atoms with Crippen LogP contribution in [0, 0.1) is 11.7 Å². The number of aliphatic imine (C=N–C) groups is 1. The standard InChI is InChI=1S/C22H21ClFN3OS/c1-22(15-4-2-3-5-20(15)29-21(25)27-22)16-10-13(6-8-17(16)24)11-19(28)18-9-7-14(23)12-26-18/h5-10,12,15H,2-4,11H2,1H3,(H2,25,27)/t15?,22-/m0/s1. The Kier molecular flexibility index (Phi) is 5.49. The van der Waals surface area contributed by atoms with Crippen molar-refractivity contribution in [3.63, 3.8) is 0 Å². The molecule has 1 aliphatic carbocycles. The fourth-order valence-corrected chi connectivity index (χ4v) is 5.39. The molecule has 0 fully saturated rings. The summed E-state index contributed by atoms with van der Waals surface area (Å²) in [6.07, 6.45) is 6.74. The second kappa shape index (κ2) is 7.92. The van der Waals surface area contributed by atoms with Gasteiger partial charge < -0.3 is 5.73 Å². The third-order valence-electron chi connectivity index (χ3n) is 5.58. The number of thioether (sulfide) groups is 1. The smallest absolute Gasteiger partial charge is 0.185 e. The summed E-state index contributed by atoms with van der Waals surface area (Å²) in [5.74, 6) is -0.390. The van der Waals surface area contributed by atoms with Gasteiger partial charge in [0.1, 0.15) is 11.5 Å². The Morgan fingerprint density at radius 3 is 2.97 bits per heavy atom. The highest BCUT2D eigenvalue weighted by Crippen LogP contribution is 2.50. The third kappa shape index (κ3) is 3.96. The van der Waals surface area contributed by atoms with Gasteiger partial charge in [0.15, 0.2) is 11.0 Å². The highest BCUT2D eigenvalue weighted by molar-refractivity contribution is 8.17. The molecule has 2 aliphatic rings. The number of carbonyl (C=O) groups is 1. The molecule has 29 heavy (non-hydrogen) atoms. The number of amidine groups is 1. The number of Topliss-reactive ketones (excluding diaryl/α,β-unsaturated/α-hetero) is 1. The average molecular weight is 430 g/mol. The zero-order valence-electron chi connectivity index (χ0n) is 16.0. The molecular weight excluding hydrogens is 409 g/mol. The number of fused-ring (bicyclic) bond motifs is 1. The fourth-order valence-electron chi connectivity index (χ4n) is 4.11. The number of benzene rings is 1. The maximum atomic E-state index is 14.9. The third-order valence-corrected chi connectivity index (χ3v) is 6.79. The lowest BCUT2D eigenvalue weighted by Crippen LogP contribution is -2.38. The Labute approximate surface area is 178 Å². The molecule has 4 nitrogen and oxygen atoms in total. The summed E-state index contributed by atoms with van der Waals surface area (Å²) >= 11 is 7.32. The van der Waals surface area contributed by atoms with Gasteiger partial charge >= 0.3 is 0 Å². The van der Waals surface area contributed by atoms with E-state index in [-0.39, 0.29) is 23.9 Å². The summed E-state index contributed by atoms with van der Waals surface area (Å²) < 4.78 is 14.9. The molecule has 2 N–H and O–H groups in total. The van der Waals surface area contributed by atoms with E-state index in [1.807, 2.05) is 6.92 Å². The summed E-state index contributed by atoms with van der Waals surface area (Å²) in [6.45, 7) is 1.94. The van der Waals surface area contributed by atoms with Crippen LogP contribution in [0.4, 0.5) is 4.39 Å². The molecule has 0 saturated heterocycles. The summed E-state index contributed by atoms with van der Waals surface area (Å²) in [6, 6.07) is 8.03. The Hall–Kier alpha value is -2.18. The first-order valence-corrected chi connectivity index (χ1v) is 10.7. The minimum Gasteiger partial charge on any atom is -0.378 e. The highest BCUT2D eigenvalue weighted by atomic mass is 35.5. The number of ketones is 1. The van der Waals surface area contributed by atoms with E-state index >= 15 is 0 Å². The van der Waals surface area contributed by atoms with E-state index in [2.05, 4.69) is 16.1 Å². The molecular formula is C22H21ClFN3OS. The van der Waals surface area contributed by atoms with Gasteiger partial charge in [0.05, 0.1) is 10.6 Å². The van der Waals surface area contributed by atoms with Gasteiger partial charge in [0.2, 0.25) is 0 Å². The number of nitrogens with two attached hydrogens (primary N) is 1. The topological polar surface area (TPSA) is 68.3 Å². The number of pyridine rings is 1. The monoisotopic (exact) mass is 429 g/mol. The minimum absolute atomic E-state index is 0.0898. The van der Waals surface area contributed by atoms with Gasteiger partial charge in [-0.3, -0.25) is 14.8 Å². The van der Waals surface area contributed by atoms with Crippen molar-refractivity contribution in [1.82, 2.24) is 4.98 Å². The first kappa shape index (κ1) is 20.1. The quantitative estimate of drug-likeness (QED) is 0.673. The summed E-state index contributed by atoms with van der Waals surface area (Å²) in [5, 5.41) is 0.920. The molecule has 4 rings (SSSR count). The van der Waals surface area contributed by atoms with E-state index in [9.17, 15) is 9.18 Å². The SMILES string of the molecule is C[C@]1(c2cc(CC(=O)c3ccc(Cl)cn3)ccc2F)N=C(N)SC2=CCCCC21. The lowest BCUT2D eigenvalue weighted by molar-refractivity contribution is 0.0988. The maximum Gasteiger partial charge on any atom is 0.185 e. The van der Waals surface area contributed by atoms with Crippen molar-refractivity contribution in [3.8, 4) is 0 Å². The van der Waals surface area contributed by atoms with Gasteiger partial charge in [-0.1, -0.05) is 35.5 Å². The van der Waals surface area contributed by atoms with Gasteiger partial charge in [0.25, 0.3) is 0 Å². The summed E-state index contributed by atoms with van der Waals surface area (Å²) in [4.78, 5) is 22.5. The number of halogens is 2. The number of carbonyl (C=O) groups excluding carboxylic acids is 1. The summed E-state index contributed by atoms with van der Waals surface area (Å²) in [7, 11) is 0. The molecule has 7 heteroatoms. The molecule has 1 aromatic carbocycles. The lowest BCUT2D eigenvalue weighted by atomic mass is 9.74. The van der Waals surface area contributed by atoms with Crippen molar-refractivity contribution in [2.75, 3.05) is 0 Å². The number of hydrogen-bond acceptors (Lipinski definition) is 5. The minimum atomic E-state index is -0.788. The van der Waals surface area contributed by atoms with Gasteiger partial charge in [-0.2, -0.15) is 0 Å². The van der Waals surface area contributed by atoms with Crippen LogP contribution in [-0.4, -0.2) is 15.9 Å².